The largest absolute Gasteiger partial charge is 0.463 e. The van der Waals surface area contributed by atoms with Gasteiger partial charge < -0.3 is 19.4 Å². The number of rotatable bonds is 8. The van der Waals surface area contributed by atoms with Crippen LogP contribution in [0, 0.1) is 17.0 Å². The zero-order chi connectivity index (χ0) is 31.4. The molecule has 2 heterocycles. The minimum atomic E-state index is -0.426. The van der Waals surface area contributed by atoms with Gasteiger partial charge in [0.05, 0.1) is 23.6 Å². The standard InChI is InChI=1S/C34H36N4O6/c1-4-44-34(41)32-24(3)37(31(39)21-30(32)26-10-8-23(2)9-11-26)22-25-6-5-7-27(20-25)33(40)36-18-16-35(17-19-36)28-12-14-29(15-13-28)38(42)43/h5-15,20,30H,4,16-19,21-22H2,1-3H3. The third-order valence-corrected chi connectivity index (χ3v) is 8.31. The molecule has 10 heteroatoms. The second-order valence-electron chi connectivity index (χ2n) is 11.1. The summed E-state index contributed by atoms with van der Waals surface area (Å²) in [6.07, 6.45) is 0.145. The first kappa shape index (κ1) is 30.5. The molecule has 2 aliphatic rings. The van der Waals surface area contributed by atoms with Crippen LogP contribution in [0.5, 0.6) is 0 Å². The lowest BCUT2D eigenvalue weighted by Crippen LogP contribution is -2.48. The number of nitro benzene ring substituents is 1. The number of benzene rings is 3. The molecular formula is C34H36N4O6. The Balaban J connectivity index is 1.30. The number of esters is 1. The van der Waals surface area contributed by atoms with Gasteiger partial charge in [0.15, 0.2) is 0 Å². The van der Waals surface area contributed by atoms with Crippen LogP contribution in [0.15, 0.2) is 84.1 Å². The Labute approximate surface area is 256 Å². The molecule has 0 aliphatic carbocycles. The number of non-ortho nitro benzene ring substituents is 1. The number of nitrogens with zero attached hydrogens (tertiary/aromatic N) is 4. The predicted octanol–water partition coefficient (Wildman–Crippen LogP) is 5.22. The Morgan fingerprint density at radius 2 is 1.64 bits per heavy atom. The lowest BCUT2D eigenvalue weighted by molar-refractivity contribution is -0.384. The molecule has 10 nitrogen and oxygen atoms in total. The molecule has 1 fully saturated rings. The van der Waals surface area contributed by atoms with Gasteiger partial charge in [0.1, 0.15) is 0 Å². The van der Waals surface area contributed by atoms with Crippen LogP contribution < -0.4 is 4.90 Å². The third-order valence-electron chi connectivity index (χ3n) is 8.31. The van der Waals surface area contributed by atoms with Crippen LogP contribution in [-0.2, 0) is 20.9 Å². The van der Waals surface area contributed by atoms with E-state index >= 15 is 0 Å². The summed E-state index contributed by atoms with van der Waals surface area (Å²) in [5, 5.41) is 11.0. The van der Waals surface area contributed by atoms with Crippen LogP contribution in [0.1, 0.15) is 53.2 Å². The van der Waals surface area contributed by atoms with E-state index in [0.29, 0.717) is 43.0 Å². The second kappa shape index (κ2) is 13.1. The summed E-state index contributed by atoms with van der Waals surface area (Å²) in [4.78, 5) is 56.1. The number of hydrogen-bond donors (Lipinski definition) is 0. The van der Waals surface area contributed by atoms with Gasteiger partial charge >= 0.3 is 5.97 Å². The monoisotopic (exact) mass is 596 g/mol. The van der Waals surface area contributed by atoms with Gasteiger partial charge in [-0.05, 0) is 56.2 Å². The SMILES string of the molecule is CCOC(=O)C1=C(C)N(Cc2cccc(C(=O)N3CCN(c4ccc([N+](=O)[O-])cc4)CC3)c2)C(=O)CC1c1ccc(C)cc1. The van der Waals surface area contributed by atoms with Gasteiger partial charge in [-0.15, -0.1) is 0 Å². The van der Waals surface area contributed by atoms with Crippen molar-refractivity contribution < 1.29 is 24.0 Å². The van der Waals surface area contributed by atoms with E-state index in [2.05, 4.69) is 4.90 Å². The maximum atomic E-state index is 13.5. The van der Waals surface area contributed by atoms with Crippen LogP contribution in [0.4, 0.5) is 11.4 Å². The summed E-state index contributed by atoms with van der Waals surface area (Å²) in [5.41, 5.74) is 5.26. The Morgan fingerprint density at radius 1 is 0.955 bits per heavy atom. The van der Waals surface area contributed by atoms with Crippen LogP contribution in [0.2, 0.25) is 0 Å². The molecule has 1 saturated heterocycles. The Hall–Kier alpha value is -4.99. The van der Waals surface area contributed by atoms with E-state index in [-0.39, 0.29) is 37.1 Å². The van der Waals surface area contributed by atoms with E-state index < -0.39 is 16.8 Å². The van der Waals surface area contributed by atoms with Crippen molar-refractivity contribution in [2.75, 3.05) is 37.7 Å². The topological polar surface area (TPSA) is 113 Å². The first-order valence-corrected chi connectivity index (χ1v) is 14.8. The zero-order valence-electron chi connectivity index (χ0n) is 25.2. The molecule has 228 valence electrons. The Kier molecular flexibility index (Phi) is 9.08. The highest BCUT2D eigenvalue weighted by molar-refractivity contribution is 5.96. The molecule has 3 aromatic rings. The lowest BCUT2D eigenvalue weighted by Gasteiger charge is -2.36. The molecule has 3 aromatic carbocycles. The second-order valence-corrected chi connectivity index (χ2v) is 11.1. The number of carbonyl (C=O) groups excluding carboxylic acids is 3. The normalized spacial score (nSPS) is 17.1. The first-order valence-electron chi connectivity index (χ1n) is 14.8. The number of carbonyl (C=O) groups is 3. The smallest absolute Gasteiger partial charge is 0.336 e. The molecular weight excluding hydrogens is 560 g/mol. The highest BCUT2D eigenvalue weighted by atomic mass is 16.6. The Morgan fingerprint density at radius 3 is 2.27 bits per heavy atom. The van der Waals surface area contributed by atoms with Gasteiger partial charge in [-0.3, -0.25) is 19.7 Å². The number of hydrogen-bond acceptors (Lipinski definition) is 7. The van der Waals surface area contributed by atoms with E-state index in [9.17, 15) is 24.5 Å². The lowest BCUT2D eigenvalue weighted by atomic mass is 9.83. The summed E-state index contributed by atoms with van der Waals surface area (Å²) < 4.78 is 5.41. The fourth-order valence-corrected chi connectivity index (χ4v) is 5.88. The summed E-state index contributed by atoms with van der Waals surface area (Å²) in [7, 11) is 0. The highest BCUT2D eigenvalue weighted by Gasteiger charge is 2.37. The molecule has 5 rings (SSSR count). The fourth-order valence-electron chi connectivity index (χ4n) is 5.88. The van der Waals surface area contributed by atoms with Crippen molar-refractivity contribution in [2.24, 2.45) is 0 Å². The molecule has 0 saturated carbocycles. The third kappa shape index (κ3) is 6.49. The number of piperazine rings is 1. The number of ether oxygens (including phenoxy) is 1. The molecule has 0 spiro atoms. The maximum Gasteiger partial charge on any atom is 0.336 e. The number of anilines is 1. The van der Waals surface area contributed by atoms with Crippen LogP contribution >= 0.6 is 0 Å². The molecule has 2 aliphatic heterocycles. The average molecular weight is 597 g/mol. The maximum absolute atomic E-state index is 13.5. The Bertz CT molecular complexity index is 1590. The van der Waals surface area contributed by atoms with Crippen molar-refractivity contribution in [3.8, 4) is 0 Å². The highest BCUT2D eigenvalue weighted by Crippen LogP contribution is 2.38. The summed E-state index contributed by atoms with van der Waals surface area (Å²) in [6, 6.07) is 21.6. The van der Waals surface area contributed by atoms with Crippen molar-refractivity contribution in [3.05, 3.63) is 116 Å². The van der Waals surface area contributed by atoms with Crippen molar-refractivity contribution in [2.45, 2.75) is 39.7 Å². The van der Waals surface area contributed by atoms with Crippen LogP contribution in [0.25, 0.3) is 0 Å². The van der Waals surface area contributed by atoms with Crippen molar-refractivity contribution in [1.82, 2.24) is 9.80 Å². The molecule has 0 bridgehead atoms. The quantitative estimate of drug-likeness (QED) is 0.199. The molecule has 2 amide bonds. The molecule has 0 N–H and O–H groups in total. The zero-order valence-corrected chi connectivity index (χ0v) is 25.2. The van der Waals surface area contributed by atoms with Crippen LogP contribution in [0.3, 0.4) is 0 Å². The van der Waals surface area contributed by atoms with Crippen molar-refractivity contribution in [1.29, 1.82) is 0 Å². The average Bonchev–Trinajstić information content (AvgIpc) is 3.03. The molecule has 44 heavy (non-hydrogen) atoms. The first-order chi connectivity index (χ1) is 21.2. The number of aryl methyl sites for hydroxylation is 1. The van der Waals surface area contributed by atoms with E-state index in [1.165, 1.54) is 12.1 Å². The van der Waals surface area contributed by atoms with E-state index in [1.807, 2.05) is 49.4 Å². The summed E-state index contributed by atoms with van der Waals surface area (Å²) >= 11 is 0. The van der Waals surface area contributed by atoms with Crippen molar-refractivity contribution >= 4 is 29.2 Å². The molecule has 0 radical (unpaired) electrons. The molecule has 1 unspecified atom stereocenters. The van der Waals surface area contributed by atoms with Gasteiger partial charge in [0.2, 0.25) is 5.91 Å². The van der Waals surface area contributed by atoms with Gasteiger partial charge in [-0.2, -0.15) is 0 Å². The fraction of sp³-hybridized carbons (Fsp3) is 0.324. The predicted molar refractivity (Wildman–Crippen MR) is 166 cm³/mol. The minimum Gasteiger partial charge on any atom is -0.463 e. The van der Waals surface area contributed by atoms with E-state index in [4.69, 9.17) is 4.74 Å². The molecule has 0 aromatic heterocycles. The van der Waals surface area contributed by atoms with Gasteiger partial charge in [-0.25, -0.2) is 4.79 Å². The minimum absolute atomic E-state index is 0.0441. The van der Waals surface area contributed by atoms with Crippen LogP contribution in [-0.4, -0.2) is 65.3 Å². The molecule has 1 atom stereocenters. The van der Waals surface area contributed by atoms with E-state index in [1.54, 1.807) is 41.8 Å². The van der Waals surface area contributed by atoms with E-state index in [0.717, 1.165) is 22.4 Å². The van der Waals surface area contributed by atoms with Gasteiger partial charge in [0.25, 0.3) is 11.6 Å². The summed E-state index contributed by atoms with van der Waals surface area (Å²) in [5.74, 6) is -1.01. The number of nitro groups is 1. The number of amides is 2. The van der Waals surface area contributed by atoms with Gasteiger partial charge in [-0.1, -0.05) is 42.0 Å². The van der Waals surface area contributed by atoms with Crippen molar-refractivity contribution in [3.63, 3.8) is 0 Å². The summed E-state index contributed by atoms with van der Waals surface area (Å²) in [6.45, 7) is 8.22. The van der Waals surface area contributed by atoms with Gasteiger partial charge in [0, 0.05) is 67.6 Å². The number of allylic oxidation sites excluding steroid dienone is 1.